The van der Waals surface area contributed by atoms with Gasteiger partial charge < -0.3 is 5.73 Å². The number of hydrazine groups is 1. The Balaban J connectivity index is 2.74. The molecule has 0 radical (unpaired) electrons. The lowest BCUT2D eigenvalue weighted by Gasteiger charge is -2.17. The Hall–Kier alpha value is -1.13. The zero-order chi connectivity index (χ0) is 9.84. The van der Waals surface area contributed by atoms with Gasteiger partial charge in [-0.15, -0.1) is 0 Å². The van der Waals surface area contributed by atoms with Crippen LogP contribution in [0.2, 0.25) is 0 Å². The van der Waals surface area contributed by atoms with Crippen molar-refractivity contribution in [2.75, 3.05) is 0 Å². The summed E-state index contributed by atoms with van der Waals surface area (Å²) in [5.74, 6) is 5.58. The molecule has 0 bridgehead atoms. The van der Waals surface area contributed by atoms with Gasteiger partial charge in [-0.3, -0.25) is 5.01 Å². The highest BCUT2D eigenvalue weighted by molar-refractivity contribution is 7.80. The first-order valence-electron chi connectivity index (χ1n) is 3.97. The van der Waals surface area contributed by atoms with Gasteiger partial charge >= 0.3 is 0 Å². The van der Waals surface area contributed by atoms with Gasteiger partial charge in [0.1, 0.15) is 0 Å². The zero-order valence-electron chi connectivity index (χ0n) is 7.53. The highest BCUT2D eigenvalue weighted by Gasteiger charge is 2.03. The van der Waals surface area contributed by atoms with Gasteiger partial charge in [0.25, 0.3) is 0 Å². The molecule has 0 aliphatic rings. The summed E-state index contributed by atoms with van der Waals surface area (Å²) < 4.78 is 0. The quantitative estimate of drug-likeness (QED) is 0.418. The molecule has 0 fully saturated rings. The summed E-state index contributed by atoms with van der Waals surface area (Å²) in [6.07, 6.45) is 0. The summed E-state index contributed by atoms with van der Waals surface area (Å²) >= 11 is 4.74. The van der Waals surface area contributed by atoms with Gasteiger partial charge in [-0.2, -0.15) is 0 Å². The third-order valence-corrected chi connectivity index (χ3v) is 2.12. The maximum atomic E-state index is 5.58. The van der Waals surface area contributed by atoms with Crippen LogP contribution in [0.25, 0.3) is 0 Å². The molecule has 0 aliphatic carbocycles. The van der Waals surface area contributed by atoms with Crippen LogP contribution < -0.4 is 11.6 Å². The minimum Gasteiger partial charge on any atom is -0.375 e. The second-order valence-corrected chi connectivity index (χ2v) is 3.31. The Morgan fingerprint density at radius 3 is 2.62 bits per heavy atom. The predicted molar refractivity (Wildman–Crippen MR) is 57.7 cm³/mol. The van der Waals surface area contributed by atoms with Gasteiger partial charge in [-0.1, -0.05) is 24.3 Å². The van der Waals surface area contributed by atoms with Crippen LogP contribution in [0.15, 0.2) is 24.3 Å². The van der Waals surface area contributed by atoms with E-state index in [2.05, 4.69) is 0 Å². The van der Waals surface area contributed by atoms with Gasteiger partial charge in [0, 0.05) is 0 Å². The van der Waals surface area contributed by atoms with E-state index in [1.165, 1.54) is 10.6 Å². The summed E-state index contributed by atoms with van der Waals surface area (Å²) in [7, 11) is 0. The Morgan fingerprint density at radius 2 is 2.08 bits per heavy atom. The molecule has 1 aromatic rings. The monoisotopic (exact) mass is 195 g/mol. The van der Waals surface area contributed by atoms with E-state index in [0.29, 0.717) is 6.54 Å². The molecule has 13 heavy (non-hydrogen) atoms. The molecule has 4 N–H and O–H groups in total. The fourth-order valence-corrected chi connectivity index (χ4v) is 1.11. The van der Waals surface area contributed by atoms with E-state index in [1.807, 2.05) is 31.2 Å². The predicted octanol–water partition coefficient (Wildman–Crippen LogP) is 0.914. The topological polar surface area (TPSA) is 55.3 Å². The largest absolute Gasteiger partial charge is 0.375 e. The van der Waals surface area contributed by atoms with Crippen molar-refractivity contribution >= 4 is 17.3 Å². The number of rotatable bonds is 2. The third kappa shape index (κ3) is 2.68. The van der Waals surface area contributed by atoms with Crippen LogP contribution in [0.3, 0.4) is 0 Å². The Labute approximate surface area is 83.3 Å². The lowest BCUT2D eigenvalue weighted by molar-refractivity contribution is 0.436. The molecular formula is C9H13N3S. The Bertz CT molecular complexity index is 311. The zero-order valence-corrected chi connectivity index (χ0v) is 8.34. The molecular weight excluding hydrogens is 182 g/mol. The number of nitrogens with zero attached hydrogens (tertiary/aromatic N) is 1. The van der Waals surface area contributed by atoms with Gasteiger partial charge in [0.05, 0.1) is 6.54 Å². The normalized spacial score (nSPS) is 9.69. The highest BCUT2D eigenvalue weighted by Crippen LogP contribution is 2.08. The van der Waals surface area contributed by atoms with Crippen molar-refractivity contribution < 1.29 is 0 Å². The second kappa shape index (κ2) is 4.20. The standard InChI is InChI=1S/C9H13N3S/c1-7-4-2-3-5-8(7)6-12(11)9(10)13/h2-5H,6,11H2,1H3,(H2,10,13). The van der Waals surface area contributed by atoms with Crippen molar-refractivity contribution in [1.29, 1.82) is 0 Å². The molecule has 0 spiro atoms. The van der Waals surface area contributed by atoms with Gasteiger partial charge in [0.15, 0.2) is 5.11 Å². The van der Waals surface area contributed by atoms with E-state index in [4.69, 9.17) is 23.8 Å². The molecule has 0 aromatic heterocycles. The average Bonchev–Trinajstić information content (AvgIpc) is 2.08. The van der Waals surface area contributed by atoms with Crippen molar-refractivity contribution in [2.24, 2.45) is 11.6 Å². The summed E-state index contributed by atoms with van der Waals surface area (Å²) in [5.41, 5.74) is 7.69. The number of nitrogens with two attached hydrogens (primary N) is 2. The molecule has 3 nitrogen and oxygen atoms in total. The SMILES string of the molecule is Cc1ccccc1CN(N)C(N)=S. The van der Waals surface area contributed by atoms with Crippen molar-refractivity contribution in [3.05, 3.63) is 35.4 Å². The second-order valence-electron chi connectivity index (χ2n) is 2.89. The summed E-state index contributed by atoms with van der Waals surface area (Å²) in [6, 6.07) is 7.99. The molecule has 0 aliphatic heterocycles. The summed E-state index contributed by atoms with van der Waals surface area (Å²) in [4.78, 5) is 0. The van der Waals surface area contributed by atoms with Gasteiger partial charge in [-0.05, 0) is 30.3 Å². The highest BCUT2D eigenvalue weighted by atomic mass is 32.1. The Kier molecular flexibility index (Phi) is 3.22. The molecule has 4 heteroatoms. The first-order chi connectivity index (χ1) is 6.11. The van der Waals surface area contributed by atoms with E-state index < -0.39 is 0 Å². The van der Waals surface area contributed by atoms with Crippen LogP contribution in [0.5, 0.6) is 0 Å². The molecule has 1 aromatic carbocycles. The van der Waals surface area contributed by atoms with Crippen LogP contribution in [-0.2, 0) is 6.54 Å². The van der Waals surface area contributed by atoms with Crippen LogP contribution >= 0.6 is 12.2 Å². The van der Waals surface area contributed by atoms with Crippen molar-refractivity contribution in [3.63, 3.8) is 0 Å². The number of hydrogen-bond acceptors (Lipinski definition) is 2. The number of benzene rings is 1. The van der Waals surface area contributed by atoms with Crippen molar-refractivity contribution in [1.82, 2.24) is 5.01 Å². The van der Waals surface area contributed by atoms with E-state index in [1.54, 1.807) is 0 Å². The molecule has 0 unspecified atom stereocenters. The van der Waals surface area contributed by atoms with E-state index in [9.17, 15) is 0 Å². The average molecular weight is 195 g/mol. The van der Waals surface area contributed by atoms with Gasteiger partial charge in [-0.25, -0.2) is 5.84 Å². The van der Waals surface area contributed by atoms with Crippen molar-refractivity contribution in [3.8, 4) is 0 Å². The lowest BCUT2D eigenvalue weighted by Crippen LogP contribution is -2.40. The first kappa shape index (κ1) is 9.95. The molecule has 0 saturated heterocycles. The van der Waals surface area contributed by atoms with Crippen LogP contribution in [0.4, 0.5) is 0 Å². The van der Waals surface area contributed by atoms with E-state index in [-0.39, 0.29) is 5.11 Å². The third-order valence-electron chi connectivity index (χ3n) is 1.89. The van der Waals surface area contributed by atoms with Gasteiger partial charge in [0.2, 0.25) is 0 Å². The molecule has 0 atom stereocenters. The number of aryl methyl sites for hydroxylation is 1. The minimum atomic E-state index is 0.211. The smallest absolute Gasteiger partial charge is 0.180 e. The lowest BCUT2D eigenvalue weighted by atomic mass is 10.1. The number of hydrogen-bond donors (Lipinski definition) is 2. The molecule has 0 saturated carbocycles. The fourth-order valence-electron chi connectivity index (χ4n) is 1.05. The minimum absolute atomic E-state index is 0.211. The van der Waals surface area contributed by atoms with E-state index >= 15 is 0 Å². The van der Waals surface area contributed by atoms with Crippen LogP contribution in [-0.4, -0.2) is 10.1 Å². The van der Waals surface area contributed by atoms with Crippen LogP contribution in [0.1, 0.15) is 11.1 Å². The molecule has 0 amide bonds. The molecule has 0 heterocycles. The number of thiocarbonyl (C=S) groups is 1. The first-order valence-corrected chi connectivity index (χ1v) is 4.38. The molecule has 70 valence electrons. The summed E-state index contributed by atoms with van der Waals surface area (Å²) in [5, 5.41) is 1.57. The Morgan fingerprint density at radius 1 is 1.46 bits per heavy atom. The maximum absolute atomic E-state index is 5.58. The van der Waals surface area contributed by atoms with Crippen LogP contribution in [0, 0.1) is 6.92 Å². The fraction of sp³-hybridized carbons (Fsp3) is 0.222. The maximum Gasteiger partial charge on any atom is 0.180 e. The summed E-state index contributed by atoms with van der Waals surface area (Å²) in [6.45, 7) is 2.59. The molecule has 1 rings (SSSR count). The van der Waals surface area contributed by atoms with Crippen molar-refractivity contribution in [2.45, 2.75) is 13.5 Å². The van der Waals surface area contributed by atoms with E-state index in [0.717, 1.165) is 5.56 Å².